The van der Waals surface area contributed by atoms with Gasteiger partial charge in [0.05, 0.1) is 5.69 Å². The zero-order valence-electron chi connectivity index (χ0n) is 8.61. The van der Waals surface area contributed by atoms with Crippen LogP contribution in [-0.4, -0.2) is 26.6 Å². The molecule has 0 radical (unpaired) electrons. The Labute approximate surface area is 92.7 Å². The van der Waals surface area contributed by atoms with E-state index in [-0.39, 0.29) is 12.5 Å². The van der Waals surface area contributed by atoms with E-state index in [1.54, 1.807) is 11.9 Å². The number of likely N-dealkylation sites (N-methyl/N-ethyl adjacent to an activating group) is 1. The highest BCUT2D eigenvalue weighted by Crippen LogP contribution is 2.34. The average Bonchev–Trinajstić information content (AvgIpc) is 2.25. The second-order valence-electron chi connectivity index (χ2n) is 3.18. The molecule has 1 N–H and O–H groups in total. The van der Waals surface area contributed by atoms with Crippen molar-refractivity contribution in [3.05, 3.63) is 18.2 Å². The van der Waals surface area contributed by atoms with Crippen molar-refractivity contribution in [2.24, 2.45) is 0 Å². The van der Waals surface area contributed by atoms with Crippen LogP contribution in [0.2, 0.25) is 0 Å². The number of hydrogen-bond acceptors (Lipinski definition) is 4. The summed E-state index contributed by atoms with van der Waals surface area (Å²) in [5.41, 5.74) is 0.825. The van der Waals surface area contributed by atoms with Crippen LogP contribution in [0.5, 0.6) is 5.75 Å². The van der Waals surface area contributed by atoms with E-state index in [4.69, 9.17) is 4.74 Å². The lowest BCUT2D eigenvalue weighted by molar-refractivity contribution is -0.120. The van der Waals surface area contributed by atoms with Crippen molar-refractivity contribution in [1.29, 1.82) is 0 Å². The Hall–Kier alpha value is -1.20. The normalized spacial score (nSPS) is 14.8. The number of anilines is 1. The maximum absolute atomic E-state index is 11.4. The summed E-state index contributed by atoms with van der Waals surface area (Å²) in [7, 11) is 3.62. The summed E-state index contributed by atoms with van der Waals surface area (Å²) in [5, 5.41) is 0. The summed E-state index contributed by atoms with van der Waals surface area (Å²) in [6, 6.07) is 5.79. The third-order valence-electron chi connectivity index (χ3n) is 2.24. The Balaban J connectivity index is 2.36. The lowest BCUT2D eigenvalue weighted by Crippen LogP contribution is -2.35. The molecule has 0 unspecified atom stereocenters. The summed E-state index contributed by atoms with van der Waals surface area (Å²) in [4.78, 5) is 14.1. The van der Waals surface area contributed by atoms with E-state index in [0.717, 1.165) is 16.3 Å². The third kappa shape index (κ3) is 1.93. The molecule has 1 amide bonds. The molecule has 0 saturated carbocycles. The van der Waals surface area contributed by atoms with Crippen LogP contribution in [-0.2, 0) is 4.79 Å². The van der Waals surface area contributed by atoms with Crippen molar-refractivity contribution in [2.45, 2.75) is 4.90 Å². The number of nitrogens with zero attached hydrogens (tertiary/aromatic N) is 1. The largest absolute Gasteiger partial charge is 0.482 e. The van der Waals surface area contributed by atoms with E-state index < -0.39 is 0 Å². The lowest BCUT2D eigenvalue weighted by atomic mass is 10.2. The Kier molecular flexibility index (Phi) is 2.83. The number of hydrogen-bond donors (Lipinski definition) is 1. The van der Waals surface area contributed by atoms with Gasteiger partial charge in [0.1, 0.15) is 5.75 Å². The number of carbonyl (C=O) groups is 1. The van der Waals surface area contributed by atoms with Gasteiger partial charge in [-0.3, -0.25) is 9.52 Å². The molecule has 0 saturated heterocycles. The Morgan fingerprint density at radius 2 is 2.33 bits per heavy atom. The van der Waals surface area contributed by atoms with Crippen molar-refractivity contribution < 1.29 is 9.53 Å². The minimum atomic E-state index is -0.0193. The van der Waals surface area contributed by atoms with Gasteiger partial charge in [0.2, 0.25) is 0 Å². The van der Waals surface area contributed by atoms with Crippen LogP contribution in [0.1, 0.15) is 0 Å². The van der Waals surface area contributed by atoms with Crippen molar-refractivity contribution in [3.63, 3.8) is 0 Å². The molecule has 15 heavy (non-hydrogen) atoms. The summed E-state index contributed by atoms with van der Waals surface area (Å²) in [5.74, 6) is 0.742. The second-order valence-corrected chi connectivity index (χ2v) is 4.26. The van der Waals surface area contributed by atoms with Crippen molar-refractivity contribution in [1.82, 2.24) is 4.72 Å². The second kappa shape index (κ2) is 4.12. The monoisotopic (exact) mass is 224 g/mol. The fourth-order valence-electron chi connectivity index (χ4n) is 1.43. The van der Waals surface area contributed by atoms with Gasteiger partial charge in [0.25, 0.3) is 5.91 Å². The fraction of sp³-hybridized carbons (Fsp3) is 0.300. The first kappa shape index (κ1) is 10.3. The maximum Gasteiger partial charge on any atom is 0.264 e. The van der Waals surface area contributed by atoms with Gasteiger partial charge in [-0.15, -0.1) is 0 Å². The highest BCUT2D eigenvalue weighted by atomic mass is 32.2. The molecule has 0 aromatic heterocycles. The SMILES string of the molecule is CNSc1ccc2c(c1)N(C)C(=O)CO2. The van der Waals surface area contributed by atoms with Crippen LogP contribution >= 0.6 is 11.9 Å². The molecule has 1 heterocycles. The zero-order valence-corrected chi connectivity index (χ0v) is 9.43. The van der Waals surface area contributed by atoms with E-state index in [2.05, 4.69) is 4.72 Å². The quantitative estimate of drug-likeness (QED) is 0.768. The highest BCUT2D eigenvalue weighted by Gasteiger charge is 2.22. The van der Waals surface area contributed by atoms with Crippen LogP contribution in [0.25, 0.3) is 0 Å². The molecule has 1 aromatic rings. The molecule has 0 aliphatic carbocycles. The third-order valence-corrected chi connectivity index (χ3v) is 2.93. The highest BCUT2D eigenvalue weighted by molar-refractivity contribution is 7.97. The van der Waals surface area contributed by atoms with Gasteiger partial charge in [0.15, 0.2) is 6.61 Å². The number of benzene rings is 1. The van der Waals surface area contributed by atoms with Gasteiger partial charge in [-0.25, -0.2) is 0 Å². The predicted molar refractivity (Wildman–Crippen MR) is 60.3 cm³/mol. The fourth-order valence-corrected chi connectivity index (χ4v) is 1.98. The number of nitrogens with one attached hydrogen (secondary N) is 1. The standard InChI is InChI=1S/C10H12N2O2S/c1-11-15-7-3-4-9-8(5-7)12(2)10(13)6-14-9/h3-5,11H,6H2,1-2H3. The van der Waals surface area contributed by atoms with Gasteiger partial charge in [0, 0.05) is 11.9 Å². The first-order valence-corrected chi connectivity index (χ1v) is 5.41. The lowest BCUT2D eigenvalue weighted by Gasteiger charge is -2.26. The molecule has 0 atom stereocenters. The number of fused-ring (bicyclic) bond motifs is 1. The summed E-state index contributed by atoms with van der Waals surface area (Å²) < 4.78 is 8.31. The summed E-state index contributed by atoms with van der Waals surface area (Å²) >= 11 is 1.51. The molecule has 5 heteroatoms. The van der Waals surface area contributed by atoms with Crippen LogP contribution < -0.4 is 14.4 Å². The molecular formula is C10H12N2O2S. The molecule has 1 aromatic carbocycles. The molecule has 0 fully saturated rings. The van der Waals surface area contributed by atoms with Gasteiger partial charge in [-0.1, -0.05) is 0 Å². The number of ether oxygens (including phenoxy) is 1. The van der Waals surface area contributed by atoms with E-state index in [9.17, 15) is 4.79 Å². The van der Waals surface area contributed by atoms with Crippen molar-refractivity contribution >= 4 is 23.5 Å². The van der Waals surface area contributed by atoms with Gasteiger partial charge in [-0.05, 0) is 37.2 Å². The van der Waals surface area contributed by atoms with Crippen LogP contribution in [0.4, 0.5) is 5.69 Å². The first-order chi connectivity index (χ1) is 7.22. The molecule has 0 bridgehead atoms. The van der Waals surface area contributed by atoms with Crippen LogP contribution in [0.15, 0.2) is 23.1 Å². The topological polar surface area (TPSA) is 41.6 Å². The van der Waals surface area contributed by atoms with E-state index >= 15 is 0 Å². The van der Waals surface area contributed by atoms with Crippen LogP contribution in [0.3, 0.4) is 0 Å². The van der Waals surface area contributed by atoms with Gasteiger partial charge >= 0.3 is 0 Å². The number of carbonyl (C=O) groups excluding carboxylic acids is 1. The smallest absolute Gasteiger partial charge is 0.264 e. The molecule has 1 aliphatic heterocycles. The van der Waals surface area contributed by atoms with Crippen molar-refractivity contribution in [2.75, 3.05) is 25.6 Å². The van der Waals surface area contributed by atoms with Crippen LogP contribution in [0, 0.1) is 0 Å². The van der Waals surface area contributed by atoms with Crippen molar-refractivity contribution in [3.8, 4) is 5.75 Å². The molecular weight excluding hydrogens is 212 g/mol. The maximum atomic E-state index is 11.4. The molecule has 80 valence electrons. The number of rotatable bonds is 2. The molecule has 1 aliphatic rings. The zero-order chi connectivity index (χ0) is 10.8. The van der Waals surface area contributed by atoms with E-state index in [1.807, 2.05) is 25.2 Å². The van der Waals surface area contributed by atoms with E-state index in [0.29, 0.717) is 0 Å². The minimum Gasteiger partial charge on any atom is -0.482 e. The predicted octanol–water partition coefficient (Wildman–Crippen LogP) is 1.27. The summed E-state index contributed by atoms with van der Waals surface area (Å²) in [6.07, 6.45) is 0. The number of amides is 1. The Bertz CT molecular complexity index is 395. The molecule has 2 rings (SSSR count). The Morgan fingerprint density at radius 1 is 1.53 bits per heavy atom. The molecule has 0 spiro atoms. The van der Waals surface area contributed by atoms with Gasteiger partial charge in [-0.2, -0.15) is 0 Å². The Morgan fingerprint density at radius 3 is 3.07 bits per heavy atom. The van der Waals surface area contributed by atoms with E-state index in [1.165, 1.54) is 11.9 Å². The molecule has 4 nitrogen and oxygen atoms in total. The minimum absolute atomic E-state index is 0.0193. The van der Waals surface area contributed by atoms with Gasteiger partial charge < -0.3 is 9.64 Å². The average molecular weight is 224 g/mol. The first-order valence-electron chi connectivity index (χ1n) is 4.59. The summed E-state index contributed by atoms with van der Waals surface area (Å²) in [6.45, 7) is 0.127.